The molecule has 8 heteroatoms. The van der Waals surface area contributed by atoms with E-state index in [-0.39, 0.29) is 43.2 Å². The van der Waals surface area contributed by atoms with Gasteiger partial charge in [-0.25, -0.2) is 4.79 Å². The van der Waals surface area contributed by atoms with Gasteiger partial charge in [0, 0.05) is 24.8 Å². The summed E-state index contributed by atoms with van der Waals surface area (Å²) in [7, 11) is 0. The Bertz CT molecular complexity index is 869. The molecule has 1 aromatic rings. The Morgan fingerprint density at radius 3 is 2.59 bits per heavy atom. The summed E-state index contributed by atoms with van der Waals surface area (Å²) in [5.74, 6) is -1.08. The second kappa shape index (κ2) is 5.61. The van der Waals surface area contributed by atoms with Crippen molar-refractivity contribution in [3.8, 4) is 0 Å². The molecular weight excluding hydrogens is 391 g/mol. The van der Waals surface area contributed by atoms with Crippen LogP contribution in [0.25, 0.3) is 0 Å². The molecule has 142 valence electrons. The predicted molar refractivity (Wildman–Crippen MR) is 98.6 cm³/mol. The summed E-state index contributed by atoms with van der Waals surface area (Å²) in [6.07, 6.45) is 2.63. The third-order valence-corrected chi connectivity index (χ3v) is 6.84. The fourth-order valence-corrected chi connectivity index (χ4v) is 4.75. The number of benzene rings is 1. The van der Waals surface area contributed by atoms with E-state index >= 15 is 0 Å². The van der Waals surface area contributed by atoms with Gasteiger partial charge in [0.1, 0.15) is 4.33 Å². The molecule has 5 rings (SSSR count). The molecule has 27 heavy (non-hydrogen) atoms. The van der Waals surface area contributed by atoms with Crippen LogP contribution < -0.4 is 4.90 Å². The highest BCUT2D eigenvalue weighted by Gasteiger charge is 2.65. The van der Waals surface area contributed by atoms with E-state index in [1.807, 2.05) is 0 Å². The third kappa shape index (κ3) is 2.42. The molecule has 0 N–H and O–H groups in total. The van der Waals surface area contributed by atoms with E-state index in [1.165, 1.54) is 4.90 Å². The lowest BCUT2D eigenvalue weighted by molar-refractivity contribution is -0.158. The molecule has 3 fully saturated rings. The van der Waals surface area contributed by atoms with Crippen LogP contribution in [-0.2, 0) is 14.3 Å². The summed E-state index contributed by atoms with van der Waals surface area (Å²) in [6.45, 7) is 0.0873. The number of carbonyl (C=O) groups is 3. The second-order valence-corrected chi connectivity index (χ2v) is 9.27. The minimum atomic E-state index is -1.40. The molecule has 4 aliphatic rings. The van der Waals surface area contributed by atoms with Gasteiger partial charge in [0.15, 0.2) is 0 Å². The molecule has 2 heterocycles. The average molecular weight is 409 g/mol. The molecule has 0 spiro atoms. The largest absolute Gasteiger partial charge is 0.462 e. The fourth-order valence-electron chi connectivity index (χ4n) is 4.25. The molecule has 2 aliphatic carbocycles. The number of halogens is 2. The zero-order valence-corrected chi connectivity index (χ0v) is 16.0. The first-order valence-electron chi connectivity index (χ1n) is 9.17. The average Bonchev–Trinajstić information content (AvgIpc) is 3.53. The van der Waals surface area contributed by atoms with Crippen LogP contribution in [0, 0.1) is 5.92 Å². The maximum absolute atomic E-state index is 13.3. The maximum Gasteiger partial charge on any atom is 0.353 e. The Labute approximate surface area is 166 Å². The van der Waals surface area contributed by atoms with E-state index in [4.69, 9.17) is 27.9 Å². The zero-order chi connectivity index (χ0) is 19.0. The van der Waals surface area contributed by atoms with Crippen LogP contribution in [0.3, 0.4) is 0 Å². The first kappa shape index (κ1) is 17.3. The number of rotatable bonds is 4. The van der Waals surface area contributed by atoms with E-state index in [9.17, 15) is 14.4 Å². The first-order chi connectivity index (χ1) is 12.9. The monoisotopic (exact) mass is 408 g/mol. The lowest BCUT2D eigenvalue weighted by Gasteiger charge is -2.48. The van der Waals surface area contributed by atoms with Crippen LogP contribution in [0.1, 0.15) is 42.5 Å². The lowest BCUT2D eigenvalue weighted by Crippen LogP contribution is -2.69. The van der Waals surface area contributed by atoms with E-state index in [1.54, 1.807) is 29.2 Å². The summed E-state index contributed by atoms with van der Waals surface area (Å²) in [6, 6.07) is 6.90. The highest BCUT2D eigenvalue weighted by atomic mass is 35.5. The zero-order valence-electron chi connectivity index (χ0n) is 14.5. The summed E-state index contributed by atoms with van der Waals surface area (Å²) in [5.41, 5.74) is -0.472. The van der Waals surface area contributed by atoms with Crippen LogP contribution in [0.5, 0.6) is 0 Å². The molecular formula is C19H18Cl2N2O4. The summed E-state index contributed by atoms with van der Waals surface area (Å²) < 4.78 is 4.72. The van der Waals surface area contributed by atoms with Crippen molar-refractivity contribution in [1.29, 1.82) is 0 Å². The number of amides is 2. The number of carbonyl (C=O) groups excluding carboxylic acids is 3. The highest BCUT2D eigenvalue weighted by Crippen LogP contribution is 2.54. The predicted octanol–water partition coefficient (Wildman–Crippen LogP) is 2.86. The molecule has 2 aliphatic heterocycles. The Kier molecular flexibility index (Phi) is 3.60. The van der Waals surface area contributed by atoms with Crippen LogP contribution in [0.4, 0.5) is 5.69 Å². The molecule has 2 atom stereocenters. The van der Waals surface area contributed by atoms with E-state index in [0.717, 1.165) is 12.8 Å². The van der Waals surface area contributed by atoms with Crippen molar-refractivity contribution in [1.82, 2.24) is 4.90 Å². The lowest BCUT2D eigenvalue weighted by atomic mass is 9.96. The molecule has 2 saturated carbocycles. The Morgan fingerprint density at radius 2 is 1.93 bits per heavy atom. The number of ether oxygens (including phenoxy) is 1. The van der Waals surface area contributed by atoms with Gasteiger partial charge < -0.3 is 9.64 Å². The van der Waals surface area contributed by atoms with Crippen molar-refractivity contribution < 1.29 is 19.1 Å². The van der Waals surface area contributed by atoms with Crippen molar-refractivity contribution >= 4 is 46.7 Å². The van der Waals surface area contributed by atoms with Gasteiger partial charge in [-0.05, 0) is 31.4 Å². The number of esters is 1. The number of para-hydroxylation sites is 1. The molecule has 1 aromatic carbocycles. The molecule has 6 nitrogen and oxygen atoms in total. The molecule has 1 saturated heterocycles. The van der Waals surface area contributed by atoms with Gasteiger partial charge in [0.2, 0.25) is 11.6 Å². The van der Waals surface area contributed by atoms with Crippen molar-refractivity contribution in [2.45, 2.75) is 48.1 Å². The normalized spacial score (nSPS) is 30.8. The molecule has 2 unspecified atom stereocenters. The Balaban J connectivity index is 1.56. The van der Waals surface area contributed by atoms with Gasteiger partial charge >= 0.3 is 5.97 Å². The Hall–Kier alpha value is -1.79. The van der Waals surface area contributed by atoms with Gasteiger partial charge in [-0.2, -0.15) is 0 Å². The molecule has 0 bridgehead atoms. The van der Waals surface area contributed by atoms with Crippen LogP contribution in [-0.4, -0.2) is 45.3 Å². The van der Waals surface area contributed by atoms with Crippen molar-refractivity contribution in [2.24, 2.45) is 5.92 Å². The summed E-state index contributed by atoms with van der Waals surface area (Å²) >= 11 is 12.1. The summed E-state index contributed by atoms with van der Waals surface area (Å²) in [4.78, 5) is 42.4. The van der Waals surface area contributed by atoms with Gasteiger partial charge in [-0.3, -0.25) is 14.5 Å². The Morgan fingerprint density at radius 1 is 1.22 bits per heavy atom. The number of alkyl halides is 2. The minimum Gasteiger partial charge on any atom is -0.462 e. The minimum absolute atomic E-state index is 0.0483. The molecule has 0 radical (unpaired) electrons. The van der Waals surface area contributed by atoms with Crippen LogP contribution in [0.15, 0.2) is 24.3 Å². The fraction of sp³-hybridized carbons (Fsp3) is 0.526. The second-order valence-electron chi connectivity index (χ2n) is 7.73. The maximum atomic E-state index is 13.3. The SMILES string of the molecule is O=C1CCC2(C(=O)OCC3CC3(Cl)Cl)N1c1ccccc1C(=O)N2C1CC1. The molecule has 0 aromatic heterocycles. The third-order valence-electron chi connectivity index (χ3n) is 5.91. The summed E-state index contributed by atoms with van der Waals surface area (Å²) in [5, 5.41) is 0. The number of hydrogen-bond acceptors (Lipinski definition) is 4. The van der Waals surface area contributed by atoms with Crippen molar-refractivity contribution in [3.63, 3.8) is 0 Å². The molecule has 2 amide bonds. The van der Waals surface area contributed by atoms with Gasteiger partial charge in [-0.1, -0.05) is 12.1 Å². The number of nitrogens with zero attached hydrogens (tertiary/aromatic N) is 2. The number of fused-ring (bicyclic) bond motifs is 3. The van der Waals surface area contributed by atoms with Gasteiger partial charge in [0.05, 0.1) is 17.9 Å². The topological polar surface area (TPSA) is 66.9 Å². The smallest absolute Gasteiger partial charge is 0.353 e. The van der Waals surface area contributed by atoms with Gasteiger partial charge in [0.25, 0.3) is 5.91 Å². The number of hydrogen-bond donors (Lipinski definition) is 0. The van der Waals surface area contributed by atoms with E-state index < -0.39 is 16.0 Å². The van der Waals surface area contributed by atoms with Gasteiger partial charge in [-0.15, -0.1) is 23.2 Å². The van der Waals surface area contributed by atoms with Crippen LogP contribution in [0.2, 0.25) is 0 Å². The van der Waals surface area contributed by atoms with Crippen molar-refractivity contribution in [3.05, 3.63) is 29.8 Å². The first-order valence-corrected chi connectivity index (χ1v) is 9.92. The van der Waals surface area contributed by atoms with E-state index in [0.29, 0.717) is 17.7 Å². The number of anilines is 1. The highest BCUT2D eigenvalue weighted by molar-refractivity contribution is 6.50. The standard InChI is InChI=1S/C19H18Cl2N2O4/c20-18(21)9-11(18)10-27-17(26)19-8-7-15(24)23(19)14-4-2-1-3-13(14)16(25)22(19)12-5-6-12/h1-4,11-12H,5-10H2. The quantitative estimate of drug-likeness (QED) is 0.567. The van der Waals surface area contributed by atoms with Crippen LogP contribution >= 0.6 is 23.2 Å². The van der Waals surface area contributed by atoms with Crippen molar-refractivity contribution in [2.75, 3.05) is 11.5 Å². The van der Waals surface area contributed by atoms with E-state index in [2.05, 4.69) is 0 Å².